The lowest BCUT2D eigenvalue weighted by Crippen LogP contribution is -1.82. The summed E-state index contributed by atoms with van der Waals surface area (Å²) >= 11 is 3.45. The Kier molecular flexibility index (Phi) is 2.09. The minimum atomic E-state index is -0.0192. The molecule has 0 bridgehead atoms. The van der Waals surface area contributed by atoms with Crippen LogP contribution in [0.1, 0.15) is 11.3 Å². The van der Waals surface area contributed by atoms with Gasteiger partial charge in [-0.25, -0.2) is 0 Å². The molecule has 4 heteroatoms. The molecule has 0 aliphatic carbocycles. The van der Waals surface area contributed by atoms with Crippen molar-refractivity contribution in [1.82, 2.24) is 0 Å². The number of aliphatic hydroxyl groups excluding tert-OH is 1. The van der Waals surface area contributed by atoms with Crippen LogP contribution in [0.3, 0.4) is 0 Å². The van der Waals surface area contributed by atoms with Gasteiger partial charge in [-0.3, -0.25) is 0 Å². The number of furan rings is 2. The van der Waals surface area contributed by atoms with Crippen molar-refractivity contribution in [3.8, 4) is 0 Å². The van der Waals surface area contributed by atoms with Crippen molar-refractivity contribution in [2.24, 2.45) is 0 Å². The number of hydrogen-bond donors (Lipinski definition) is 1. The van der Waals surface area contributed by atoms with Gasteiger partial charge < -0.3 is 13.9 Å². The van der Waals surface area contributed by atoms with E-state index in [1.807, 2.05) is 19.1 Å². The van der Waals surface area contributed by atoms with Crippen LogP contribution in [-0.4, -0.2) is 5.11 Å². The summed E-state index contributed by atoms with van der Waals surface area (Å²) in [6, 6.07) is 3.79. The summed E-state index contributed by atoms with van der Waals surface area (Å²) in [5, 5.41) is 11.2. The Hall–Kier alpha value is -1.26. The number of rotatable bonds is 1. The number of halogens is 1. The van der Waals surface area contributed by atoms with Crippen molar-refractivity contribution < 1.29 is 13.9 Å². The molecule has 2 aromatic heterocycles. The van der Waals surface area contributed by atoms with E-state index in [9.17, 15) is 5.11 Å². The van der Waals surface area contributed by atoms with Crippen LogP contribution in [-0.2, 0) is 6.61 Å². The summed E-state index contributed by atoms with van der Waals surface area (Å²) in [7, 11) is 0. The maximum Gasteiger partial charge on any atom is 0.151 e. The van der Waals surface area contributed by atoms with Gasteiger partial charge in [-0.1, -0.05) is 0 Å². The first kappa shape index (κ1) is 9.93. The van der Waals surface area contributed by atoms with Crippen molar-refractivity contribution in [2.45, 2.75) is 13.5 Å². The maximum absolute atomic E-state index is 9.32. The lowest BCUT2D eigenvalue weighted by molar-refractivity contribution is 0.280. The Morgan fingerprint density at radius 2 is 2.12 bits per heavy atom. The fraction of sp³-hybridized carbons (Fsp3) is 0.167. The first-order chi connectivity index (χ1) is 7.72. The Bertz CT molecular complexity index is 678. The molecule has 1 N–H and O–H groups in total. The monoisotopic (exact) mass is 280 g/mol. The quantitative estimate of drug-likeness (QED) is 0.739. The molecule has 3 rings (SSSR count). The molecule has 0 saturated heterocycles. The van der Waals surface area contributed by atoms with Gasteiger partial charge in [0.25, 0.3) is 0 Å². The molecule has 0 atom stereocenters. The van der Waals surface area contributed by atoms with Crippen LogP contribution in [0.15, 0.2) is 31.7 Å². The first-order valence-electron chi connectivity index (χ1n) is 4.91. The number of benzene rings is 1. The molecule has 1 aromatic carbocycles. The Morgan fingerprint density at radius 1 is 1.31 bits per heavy atom. The van der Waals surface area contributed by atoms with E-state index in [1.54, 1.807) is 6.26 Å². The van der Waals surface area contributed by atoms with E-state index in [0.717, 1.165) is 37.7 Å². The standard InChI is InChI=1S/C12H9BrO3/c1-6-9(5-14)8-4-10(13)12-7(2-3-15-12)11(8)16-6/h2-4,14H,5H2,1H3. The zero-order valence-electron chi connectivity index (χ0n) is 8.58. The number of hydrogen-bond acceptors (Lipinski definition) is 3. The highest BCUT2D eigenvalue weighted by molar-refractivity contribution is 9.10. The average Bonchev–Trinajstić information content (AvgIpc) is 2.82. The van der Waals surface area contributed by atoms with E-state index in [-0.39, 0.29) is 6.61 Å². The minimum Gasteiger partial charge on any atom is -0.463 e. The highest BCUT2D eigenvalue weighted by Gasteiger charge is 2.16. The Labute approximate surface area is 99.8 Å². The summed E-state index contributed by atoms with van der Waals surface area (Å²) in [5.74, 6) is 0.748. The average molecular weight is 281 g/mol. The molecular formula is C12H9BrO3. The van der Waals surface area contributed by atoms with Crippen LogP contribution in [0.5, 0.6) is 0 Å². The van der Waals surface area contributed by atoms with Crippen LogP contribution in [0.4, 0.5) is 0 Å². The van der Waals surface area contributed by atoms with E-state index in [0.29, 0.717) is 0 Å². The van der Waals surface area contributed by atoms with Gasteiger partial charge >= 0.3 is 0 Å². The van der Waals surface area contributed by atoms with Gasteiger partial charge in [-0.05, 0) is 35.0 Å². The van der Waals surface area contributed by atoms with Crippen molar-refractivity contribution in [1.29, 1.82) is 0 Å². The van der Waals surface area contributed by atoms with Gasteiger partial charge in [0, 0.05) is 10.9 Å². The lowest BCUT2D eigenvalue weighted by Gasteiger charge is -1.96. The summed E-state index contributed by atoms with van der Waals surface area (Å²) in [6.45, 7) is 1.83. The van der Waals surface area contributed by atoms with Gasteiger partial charge in [-0.15, -0.1) is 0 Å². The van der Waals surface area contributed by atoms with Gasteiger partial charge in [0.1, 0.15) is 11.3 Å². The highest BCUT2D eigenvalue weighted by atomic mass is 79.9. The topological polar surface area (TPSA) is 46.5 Å². The SMILES string of the molecule is Cc1oc2c(cc(Br)c3occc32)c1CO. The predicted molar refractivity (Wildman–Crippen MR) is 64.3 cm³/mol. The molecule has 0 saturated carbocycles. The number of aliphatic hydroxyl groups is 1. The molecule has 0 amide bonds. The maximum atomic E-state index is 9.32. The second-order valence-electron chi connectivity index (χ2n) is 3.69. The summed E-state index contributed by atoms with van der Waals surface area (Å²) in [4.78, 5) is 0. The fourth-order valence-electron chi connectivity index (χ4n) is 2.01. The molecule has 0 fully saturated rings. The third kappa shape index (κ3) is 1.17. The molecule has 0 aliphatic rings. The van der Waals surface area contributed by atoms with Crippen LogP contribution in [0.25, 0.3) is 21.9 Å². The Morgan fingerprint density at radius 3 is 2.88 bits per heavy atom. The van der Waals surface area contributed by atoms with E-state index >= 15 is 0 Å². The zero-order valence-corrected chi connectivity index (χ0v) is 10.2. The van der Waals surface area contributed by atoms with Gasteiger partial charge in [0.05, 0.1) is 22.7 Å². The molecule has 3 aromatic rings. The molecule has 16 heavy (non-hydrogen) atoms. The third-order valence-corrected chi connectivity index (χ3v) is 3.39. The van der Waals surface area contributed by atoms with Crippen LogP contribution in [0, 0.1) is 6.92 Å². The van der Waals surface area contributed by atoms with Crippen molar-refractivity contribution >= 4 is 37.9 Å². The zero-order chi connectivity index (χ0) is 11.3. The summed E-state index contributed by atoms with van der Waals surface area (Å²) in [5.41, 5.74) is 2.37. The first-order valence-corrected chi connectivity index (χ1v) is 5.70. The van der Waals surface area contributed by atoms with Crippen molar-refractivity contribution in [2.75, 3.05) is 0 Å². The second-order valence-corrected chi connectivity index (χ2v) is 4.55. The second kappa shape index (κ2) is 3.37. The number of fused-ring (bicyclic) bond motifs is 3. The van der Waals surface area contributed by atoms with E-state index < -0.39 is 0 Å². The van der Waals surface area contributed by atoms with Crippen LogP contribution < -0.4 is 0 Å². The highest BCUT2D eigenvalue weighted by Crippen LogP contribution is 2.36. The molecule has 3 nitrogen and oxygen atoms in total. The van der Waals surface area contributed by atoms with E-state index in [2.05, 4.69) is 15.9 Å². The minimum absolute atomic E-state index is 0.0192. The molecule has 82 valence electrons. The number of aryl methyl sites for hydroxylation is 1. The molecule has 0 radical (unpaired) electrons. The predicted octanol–water partition coefficient (Wildman–Crippen LogP) is 3.74. The van der Waals surface area contributed by atoms with E-state index in [1.165, 1.54) is 0 Å². The Balaban J connectivity index is 2.57. The van der Waals surface area contributed by atoms with Gasteiger partial charge in [0.15, 0.2) is 5.58 Å². The molecule has 0 spiro atoms. The van der Waals surface area contributed by atoms with Gasteiger partial charge in [-0.2, -0.15) is 0 Å². The smallest absolute Gasteiger partial charge is 0.151 e. The molecule has 0 unspecified atom stereocenters. The van der Waals surface area contributed by atoms with Crippen LogP contribution >= 0.6 is 15.9 Å². The largest absolute Gasteiger partial charge is 0.463 e. The normalized spacial score (nSPS) is 11.7. The molecular weight excluding hydrogens is 272 g/mol. The van der Waals surface area contributed by atoms with Crippen molar-refractivity contribution in [3.05, 3.63) is 34.2 Å². The third-order valence-electron chi connectivity index (χ3n) is 2.81. The van der Waals surface area contributed by atoms with Crippen LogP contribution in [0.2, 0.25) is 0 Å². The fourth-order valence-corrected chi connectivity index (χ4v) is 2.55. The molecule has 2 heterocycles. The molecule has 0 aliphatic heterocycles. The van der Waals surface area contributed by atoms with E-state index in [4.69, 9.17) is 8.83 Å². The van der Waals surface area contributed by atoms with Gasteiger partial charge in [0.2, 0.25) is 0 Å². The summed E-state index contributed by atoms with van der Waals surface area (Å²) < 4.78 is 11.9. The summed E-state index contributed by atoms with van der Waals surface area (Å²) in [6.07, 6.45) is 1.63. The lowest BCUT2D eigenvalue weighted by atomic mass is 10.1. The van der Waals surface area contributed by atoms with Crippen molar-refractivity contribution in [3.63, 3.8) is 0 Å².